The van der Waals surface area contributed by atoms with Crippen LogP contribution in [-0.2, 0) is 37.3 Å². The number of likely N-dealkylation sites (N-methyl/N-ethyl adjacent to an activating group) is 2. The number of benzene rings is 1. The molecule has 1 aromatic carbocycles. The van der Waals surface area contributed by atoms with E-state index in [0.29, 0.717) is 38.2 Å². The number of hydrogen-bond acceptors (Lipinski definition) is 7. The van der Waals surface area contributed by atoms with E-state index < -0.39 is 17.4 Å². The summed E-state index contributed by atoms with van der Waals surface area (Å²) >= 11 is 0. The highest BCUT2D eigenvalue weighted by molar-refractivity contribution is 6.09. The summed E-state index contributed by atoms with van der Waals surface area (Å²) in [6, 6.07) is 7.60. The van der Waals surface area contributed by atoms with E-state index in [1.54, 1.807) is 11.9 Å². The standard InChI is InChI=1S/C36H50N4O5/c1-23-19-27(30-28(20-23)36(34(43)40(30)5)13-17-44-18-14-36)31(33(41)42)39(4)26-21-29(35(2,3)22-26)45-16-7-6-10-25-12-11-24-9-8-15-37-32(24)38-25/h11-12,19-20,26,29,31H,6-10,13-18,21-22H2,1-5H3,(H,37,38)(H,41,42)/t26-,29-,31+/m0/s1. The summed E-state index contributed by atoms with van der Waals surface area (Å²) in [5.74, 6) is 0.204. The van der Waals surface area contributed by atoms with Gasteiger partial charge >= 0.3 is 5.97 Å². The molecule has 1 aliphatic carbocycles. The van der Waals surface area contributed by atoms with Crippen LogP contribution in [0.25, 0.3) is 0 Å². The van der Waals surface area contributed by atoms with Gasteiger partial charge in [0.05, 0.1) is 17.2 Å². The first kappa shape index (κ1) is 32.0. The molecular formula is C36H50N4O5. The van der Waals surface area contributed by atoms with Crippen molar-refractivity contribution in [3.63, 3.8) is 0 Å². The Morgan fingerprint density at radius 3 is 2.78 bits per heavy atom. The number of rotatable bonds is 10. The van der Waals surface area contributed by atoms with Crippen LogP contribution in [0.2, 0.25) is 0 Å². The number of ether oxygens (including phenoxy) is 2. The smallest absolute Gasteiger partial charge is 0.325 e. The molecule has 9 nitrogen and oxygen atoms in total. The fourth-order valence-electron chi connectivity index (χ4n) is 8.37. The average molecular weight is 619 g/mol. The summed E-state index contributed by atoms with van der Waals surface area (Å²) in [5, 5.41) is 14.1. The lowest BCUT2D eigenvalue weighted by atomic mass is 9.74. The number of anilines is 2. The van der Waals surface area contributed by atoms with Crippen LogP contribution < -0.4 is 10.2 Å². The number of nitrogens with zero attached hydrogens (tertiary/aromatic N) is 3. The number of aromatic nitrogens is 1. The molecule has 0 unspecified atom stereocenters. The van der Waals surface area contributed by atoms with Gasteiger partial charge in [0.15, 0.2) is 0 Å². The van der Waals surface area contributed by atoms with Crippen molar-refractivity contribution in [1.82, 2.24) is 9.88 Å². The molecule has 244 valence electrons. The van der Waals surface area contributed by atoms with Gasteiger partial charge in [0.25, 0.3) is 0 Å². The maximum Gasteiger partial charge on any atom is 0.325 e. The van der Waals surface area contributed by atoms with E-state index in [1.807, 2.05) is 24.9 Å². The van der Waals surface area contributed by atoms with E-state index in [4.69, 9.17) is 14.5 Å². The molecule has 1 aromatic heterocycles. The fraction of sp³-hybridized carbons (Fsp3) is 0.639. The number of carbonyl (C=O) groups excluding carboxylic acids is 1. The van der Waals surface area contributed by atoms with Crippen LogP contribution >= 0.6 is 0 Å². The molecule has 45 heavy (non-hydrogen) atoms. The minimum absolute atomic E-state index is 0.0360. The molecule has 0 radical (unpaired) electrons. The third-order valence-corrected chi connectivity index (χ3v) is 10.9. The predicted octanol–water partition coefficient (Wildman–Crippen LogP) is 5.43. The largest absolute Gasteiger partial charge is 0.480 e. The van der Waals surface area contributed by atoms with Crippen molar-refractivity contribution in [3.05, 3.63) is 52.2 Å². The van der Waals surface area contributed by atoms with Crippen molar-refractivity contribution >= 4 is 23.4 Å². The Morgan fingerprint density at radius 1 is 1.24 bits per heavy atom. The third-order valence-electron chi connectivity index (χ3n) is 10.9. The number of nitrogens with one attached hydrogen (secondary N) is 1. The summed E-state index contributed by atoms with van der Waals surface area (Å²) in [4.78, 5) is 35.3. The Morgan fingerprint density at radius 2 is 2.02 bits per heavy atom. The molecule has 4 heterocycles. The minimum atomic E-state index is -0.896. The van der Waals surface area contributed by atoms with Crippen molar-refractivity contribution in [1.29, 1.82) is 0 Å². The molecule has 3 atom stereocenters. The summed E-state index contributed by atoms with van der Waals surface area (Å²) in [7, 11) is 3.72. The Hall–Kier alpha value is -3.01. The Labute approximate surface area is 267 Å². The van der Waals surface area contributed by atoms with Crippen LogP contribution in [0.4, 0.5) is 11.5 Å². The van der Waals surface area contributed by atoms with Gasteiger partial charge in [-0.05, 0) is 94.4 Å². The number of carbonyl (C=O) groups is 2. The molecule has 1 saturated carbocycles. The van der Waals surface area contributed by atoms with Gasteiger partial charge in [-0.2, -0.15) is 0 Å². The number of fused-ring (bicyclic) bond motifs is 3. The fourth-order valence-corrected chi connectivity index (χ4v) is 8.37. The Balaban J connectivity index is 1.12. The summed E-state index contributed by atoms with van der Waals surface area (Å²) in [5.41, 5.74) is 5.14. The molecular weight excluding hydrogens is 568 g/mol. The quantitative estimate of drug-likeness (QED) is 0.340. The first-order valence-electron chi connectivity index (χ1n) is 16.8. The number of aliphatic carboxylic acids is 1. The highest BCUT2D eigenvalue weighted by Crippen LogP contribution is 2.51. The van der Waals surface area contributed by atoms with Gasteiger partial charge in [0, 0.05) is 50.7 Å². The molecule has 2 fully saturated rings. The van der Waals surface area contributed by atoms with Crippen LogP contribution in [0, 0.1) is 12.3 Å². The van der Waals surface area contributed by atoms with Crippen LogP contribution in [-0.4, -0.2) is 79.5 Å². The molecule has 1 spiro atoms. The highest BCUT2D eigenvalue weighted by Gasteiger charge is 2.53. The van der Waals surface area contributed by atoms with Gasteiger partial charge in [-0.15, -0.1) is 0 Å². The monoisotopic (exact) mass is 618 g/mol. The van der Waals surface area contributed by atoms with E-state index in [-0.39, 0.29) is 23.5 Å². The molecule has 1 amide bonds. The number of hydrogen-bond donors (Lipinski definition) is 2. The molecule has 6 rings (SSSR count). The zero-order valence-electron chi connectivity index (χ0n) is 27.7. The number of pyridine rings is 1. The van der Waals surface area contributed by atoms with Gasteiger partial charge in [-0.3, -0.25) is 14.5 Å². The normalized spacial score (nSPS) is 24.0. The molecule has 1 saturated heterocycles. The molecule has 4 aliphatic rings. The highest BCUT2D eigenvalue weighted by atomic mass is 16.5. The first-order chi connectivity index (χ1) is 21.5. The lowest BCUT2D eigenvalue weighted by Gasteiger charge is -2.33. The number of carboxylic acids is 1. The number of carboxylic acid groups (broad SMARTS) is 1. The van der Waals surface area contributed by atoms with Crippen molar-refractivity contribution in [2.24, 2.45) is 5.41 Å². The molecule has 9 heteroatoms. The lowest BCUT2D eigenvalue weighted by Crippen LogP contribution is -2.43. The molecule has 3 aliphatic heterocycles. The maximum atomic E-state index is 13.7. The minimum Gasteiger partial charge on any atom is -0.480 e. The molecule has 2 aromatic rings. The SMILES string of the molecule is Cc1cc([C@H](C(=O)O)N(C)[C@H]2C[C@H](OCCCCc3ccc4c(n3)NCCC4)C(C)(C)C2)c2c(c1)C1(CCOCC1)C(=O)N2C. The number of unbranched alkanes of at least 4 members (excludes halogenated alkanes) is 1. The number of amides is 1. The van der Waals surface area contributed by atoms with Crippen LogP contribution in [0.5, 0.6) is 0 Å². The van der Waals surface area contributed by atoms with Crippen LogP contribution in [0.3, 0.4) is 0 Å². The summed E-state index contributed by atoms with van der Waals surface area (Å²) in [6.45, 7) is 9.21. The topological polar surface area (TPSA) is 104 Å². The van der Waals surface area contributed by atoms with Gasteiger partial charge < -0.3 is 24.8 Å². The van der Waals surface area contributed by atoms with Gasteiger partial charge in [-0.25, -0.2) is 4.98 Å². The average Bonchev–Trinajstić information content (AvgIpc) is 3.42. The van der Waals surface area contributed by atoms with Crippen molar-refractivity contribution in [3.8, 4) is 0 Å². The van der Waals surface area contributed by atoms with E-state index in [9.17, 15) is 14.7 Å². The lowest BCUT2D eigenvalue weighted by molar-refractivity contribution is -0.144. The maximum absolute atomic E-state index is 13.7. The van der Waals surface area contributed by atoms with Gasteiger partial charge in [0.2, 0.25) is 5.91 Å². The second-order valence-electron chi connectivity index (χ2n) is 14.5. The van der Waals surface area contributed by atoms with Crippen molar-refractivity contribution in [2.45, 2.75) is 102 Å². The second-order valence-corrected chi connectivity index (χ2v) is 14.5. The van der Waals surface area contributed by atoms with Crippen molar-refractivity contribution in [2.75, 3.05) is 50.7 Å². The molecule has 0 bridgehead atoms. The van der Waals surface area contributed by atoms with Crippen molar-refractivity contribution < 1.29 is 24.2 Å². The van der Waals surface area contributed by atoms with Gasteiger partial charge in [-0.1, -0.05) is 37.6 Å². The van der Waals surface area contributed by atoms with E-state index in [2.05, 4.69) is 37.4 Å². The van der Waals surface area contributed by atoms with Crippen LogP contribution in [0.1, 0.15) is 92.8 Å². The third kappa shape index (κ3) is 5.99. The van der Waals surface area contributed by atoms with Gasteiger partial charge in [0.1, 0.15) is 11.9 Å². The zero-order valence-corrected chi connectivity index (χ0v) is 27.7. The Bertz CT molecular complexity index is 1430. The van der Waals surface area contributed by atoms with E-state index >= 15 is 0 Å². The Kier molecular flexibility index (Phi) is 8.98. The predicted molar refractivity (Wildman–Crippen MR) is 175 cm³/mol. The van der Waals surface area contributed by atoms with E-state index in [0.717, 1.165) is 73.4 Å². The van der Waals surface area contributed by atoms with E-state index in [1.165, 1.54) is 12.0 Å². The molecule has 2 N–H and O–H groups in total. The summed E-state index contributed by atoms with van der Waals surface area (Å²) in [6.07, 6.45) is 8.08. The second kappa shape index (κ2) is 12.6. The van der Waals surface area contributed by atoms with Crippen LogP contribution in [0.15, 0.2) is 24.3 Å². The summed E-state index contributed by atoms with van der Waals surface area (Å²) < 4.78 is 12.1. The zero-order chi connectivity index (χ0) is 31.9. The first-order valence-corrected chi connectivity index (χ1v) is 16.8. The number of aryl methyl sites for hydroxylation is 3.